The monoisotopic (exact) mass is 311 g/mol. The largest absolute Gasteiger partial charge is 0.367 e. The lowest BCUT2D eigenvalue weighted by atomic mass is 10.2. The average molecular weight is 311 g/mol. The fraction of sp³-hybridized carbons (Fsp3) is 0.500. The quantitative estimate of drug-likeness (QED) is 0.825. The van der Waals surface area contributed by atoms with Crippen LogP contribution in [0.15, 0.2) is 18.2 Å². The molecule has 1 heterocycles. The van der Waals surface area contributed by atoms with Crippen molar-refractivity contribution >= 4 is 15.5 Å². The summed E-state index contributed by atoms with van der Waals surface area (Å²) in [5.74, 6) is -0.239. The molecule has 1 aliphatic rings. The van der Waals surface area contributed by atoms with Gasteiger partial charge in [-0.15, -0.1) is 0 Å². The standard InChI is InChI=1S/C14H18FN3O2S/c1-21(19,20)9-8-17-4-6-18(7-5-17)14-3-2-12(11-16)10-13(14)15/h2-3,10H,4-9H2,1H3. The van der Waals surface area contributed by atoms with Crippen LogP contribution in [-0.2, 0) is 9.84 Å². The Bertz CT molecular complexity index is 647. The van der Waals surface area contributed by atoms with Crippen molar-refractivity contribution in [2.24, 2.45) is 0 Å². The van der Waals surface area contributed by atoms with E-state index in [2.05, 4.69) is 4.90 Å². The Morgan fingerprint density at radius 2 is 1.95 bits per heavy atom. The maximum Gasteiger partial charge on any atom is 0.148 e. The molecule has 5 nitrogen and oxygen atoms in total. The van der Waals surface area contributed by atoms with Gasteiger partial charge in [0.2, 0.25) is 0 Å². The summed E-state index contributed by atoms with van der Waals surface area (Å²) in [7, 11) is -2.95. The number of sulfone groups is 1. The van der Waals surface area contributed by atoms with Crippen molar-refractivity contribution in [3.63, 3.8) is 0 Å². The van der Waals surface area contributed by atoms with E-state index in [0.29, 0.717) is 44.0 Å². The Balaban J connectivity index is 1.94. The van der Waals surface area contributed by atoms with E-state index in [1.165, 1.54) is 12.3 Å². The van der Waals surface area contributed by atoms with Gasteiger partial charge in [-0.2, -0.15) is 5.26 Å². The lowest BCUT2D eigenvalue weighted by molar-refractivity contribution is 0.271. The predicted octanol–water partition coefficient (Wildman–Crippen LogP) is 0.864. The summed E-state index contributed by atoms with van der Waals surface area (Å²) in [6.45, 7) is 3.21. The van der Waals surface area contributed by atoms with Crippen molar-refractivity contribution in [2.45, 2.75) is 0 Å². The molecule has 0 bridgehead atoms. The first-order valence-electron chi connectivity index (χ1n) is 6.74. The van der Waals surface area contributed by atoms with E-state index in [1.807, 2.05) is 11.0 Å². The van der Waals surface area contributed by atoms with Crippen LogP contribution in [0.4, 0.5) is 10.1 Å². The molecule has 1 fully saturated rings. The summed E-state index contributed by atoms with van der Waals surface area (Å²) in [5.41, 5.74) is 0.805. The summed E-state index contributed by atoms with van der Waals surface area (Å²) >= 11 is 0. The highest BCUT2D eigenvalue weighted by Crippen LogP contribution is 2.21. The second-order valence-electron chi connectivity index (χ2n) is 5.24. The highest BCUT2D eigenvalue weighted by Gasteiger charge is 2.20. The van der Waals surface area contributed by atoms with Gasteiger partial charge >= 0.3 is 0 Å². The average Bonchev–Trinajstić information content (AvgIpc) is 2.45. The summed E-state index contributed by atoms with van der Waals surface area (Å²) in [6, 6.07) is 6.38. The van der Waals surface area contributed by atoms with E-state index in [0.717, 1.165) is 0 Å². The molecule has 0 N–H and O–H groups in total. The summed E-state index contributed by atoms with van der Waals surface area (Å²) in [5, 5.41) is 8.74. The van der Waals surface area contributed by atoms with Crippen molar-refractivity contribution in [1.29, 1.82) is 5.26 Å². The first-order chi connectivity index (χ1) is 9.89. The van der Waals surface area contributed by atoms with Gasteiger partial charge in [0.25, 0.3) is 0 Å². The van der Waals surface area contributed by atoms with Crippen LogP contribution in [0.1, 0.15) is 5.56 Å². The van der Waals surface area contributed by atoms with Crippen LogP contribution < -0.4 is 4.90 Å². The van der Waals surface area contributed by atoms with Gasteiger partial charge < -0.3 is 4.90 Å². The van der Waals surface area contributed by atoms with E-state index in [1.54, 1.807) is 12.1 Å². The summed E-state index contributed by atoms with van der Waals surface area (Å²) in [4.78, 5) is 3.99. The van der Waals surface area contributed by atoms with E-state index >= 15 is 0 Å². The van der Waals surface area contributed by atoms with Crippen LogP contribution >= 0.6 is 0 Å². The first kappa shape index (κ1) is 15.7. The van der Waals surface area contributed by atoms with Crippen molar-refractivity contribution < 1.29 is 12.8 Å². The minimum absolute atomic E-state index is 0.151. The minimum Gasteiger partial charge on any atom is -0.367 e. The van der Waals surface area contributed by atoms with Crippen molar-refractivity contribution in [2.75, 3.05) is 49.6 Å². The van der Waals surface area contributed by atoms with Gasteiger partial charge in [-0.3, -0.25) is 4.90 Å². The molecule has 1 saturated heterocycles. The van der Waals surface area contributed by atoms with Crippen molar-refractivity contribution in [3.8, 4) is 6.07 Å². The zero-order valence-electron chi connectivity index (χ0n) is 11.9. The second-order valence-corrected chi connectivity index (χ2v) is 7.50. The molecule has 7 heteroatoms. The maximum absolute atomic E-state index is 13.9. The molecule has 0 spiro atoms. The number of piperazine rings is 1. The van der Waals surface area contributed by atoms with Crippen LogP contribution in [0.25, 0.3) is 0 Å². The molecule has 0 radical (unpaired) electrons. The number of rotatable bonds is 4. The molecule has 114 valence electrons. The van der Waals surface area contributed by atoms with Gasteiger partial charge in [-0.25, -0.2) is 12.8 Å². The normalized spacial score (nSPS) is 16.7. The molecule has 0 amide bonds. The molecule has 0 unspecified atom stereocenters. The Kier molecular flexibility index (Phi) is 4.80. The second kappa shape index (κ2) is 6.41. The maximum atomic E-state index is 13.9. The molecule has 1 aromatic carbocycles. The molecule has 2 rings (SSSR count). The number of nitriles is 1. The van der Waals surface area contributed by atoms with E-state index < -0.39 is 15.7 Å². The van der Waals surface area contributed by atoms with Crippen molar-refractivity contribution in [3.05, 3.63) is 29.6 Å². The Hall–Kier alpha value is -1.65. The summed E-state index contributed by atoms with van der Waals surface area (Å²) < 4.78 is 36.2. The number of hydrogen-bond donors (Lipinski definition) is 0. The number of halogens is 1. The van der Waals surface area contributed by atoms with E-state index in [4.69, 9.17) is 5.26 Å². The minimum atomic E-state index is -2.95. The number of nitrogens with zero attached hydrogens (tertiary/aromatic N) is 3. The van der Waals surface area contributed by atoms with Crippen molar-refractivity contribution in [1.82, 2.24) is 4.90 Å². The Labute approximate surface area is 124 Å². The first-order valence-corrected chi connectivity index (χ1v) is 8.80. The van der Waals surface area contributed by atoms with Crippen LogP contribution in [0.2, 0.25) is 0 Å². The third-order valence-corrected chi connectivity index (χ3v) is 4.49. The smallest absolute Gasteiger partial charge is 0.148 e. The highest BCUT2D eigenvalue weighted by atomic mass is 32.2. The van der Waals surface area contributed by atoms with Gasteiger partial charge in [0, 0.05) is 39.0 Å². The van der Waals surface area contributed by atoms with Gasteiger partial charge in [-0.05, 0) is 18.2 Å². The fourth-order valence-corrected chi connectivity index (χ4v) is 2.93. The number of hydrogen-bond acceptors (Lipinski definition) is 5. The zero-order valence-corrected chi connectivity index (χ0v) is 12.7. The van der Waals surface area contributed by atoms with E-state index in [-0.39, 0.29) is 5.75 Å². The third kappa shape index (κ3) is 4.41. The molecule has 1 aromatic rings. The van der Waals surface area contributed by atoms with Gasteiger partial charge in [0.05, 0.1) is 23.1 Å². The molecule has 0 aromatic heterocycles. The highest BCUT2D eigenvalue weighted by molar-refractivity contribution is 7.90. The number of anilines is 1. The molecule has 0 saturated carbocycles. The molecular weight excluding hydrogens is 293 g/mol. The zero-order chi connectivity index (χ0) is 15.5. The van der Waals surface area contributed by atoms with Gasteiger partial charge in [0.15, 0.2) is 0 Å². The third-order valence-electron chi connectivity index (χ3n) is 3.57. The van der Waals surface area contributed by atoms with Gasteiger partial charge in [-0.1, -0.05) is 0 Å². The topological polar surface area (TPSA) is 64.4 Å². The molecular formula is C14H18FN3O2S. The Morgan fingerprint density at radius 3 is 2.48 bits per heavy atom. The fourth-order valence-electron chi connectivity index (χ4n) is 2.34. The SMILES string of the molecule is CS(=O)(=O)CCN1CCN(c2ccc(C#N)cc2F)CC1. The molecule has 1 aliphatic heterocycles. The molecule has 0 aliphatic carbocycles. The van der Waals surface area contributed by atoms with Crippen LogP contribution in [-0.4, -0.2) is 58.1 Å². The van der Waals surface area contributed by atoms with Crippen LogP contribution in [0.5, 0.6) is 0 Å². The van der Waals surface area contributed by atoms with E-state index in [9.17, 15) is 12.8 Å². The van der Waals surface area contributed by atoms with Gasteiger partial charge in [0.1, 0.15) is 15.7 Å². The molecule has 21 heavy (non-hydrogen) atoms. The lowest BCUT2D eigenvalue weighted by Gasteiger charge is -2.36. The summed E-state index contributed by atoms with van der Waals surface area (Å²) in [6.07, 6.45) is 1.23. The Morgan fingerprint density at radius 1 is 1.29 bits per heavy atom. The van der Waals surface area contributed by atoms with Crippen LogP contribution in [0, 0.1) is 17.1 Å². The predicted molar refractivity (Wildman–Crippen MR) is 79.5 cm³/mol. The number of benzene rings is 1. The molecule has 0 atom stereocenters. The van der Waals surface area contributed by atoms with Crippen LogP contribution in [0.3, 0.4) is 0 Å². The lowest BCUT2D eigenvalue weighted by Crippen LogP contribution is -2.47.